The molecule has 2 N–H and O–H groups in total. The van der Waals surface area contributed by atoms with Crippen LogP contribution in [0, 0.1) is 5.92 Å². The number of rotatable bonds is 5. The van der Waals surface area contributed by atoms with E-state index in [0.29, 0.717) is 28.5 Å². The average Bonchev–Trinajstić information content (AvgIpc) is 3.52. The van der Waals surface area contributed by atoms with E-state index in [2.05, 4.69) is 61.3 Å². The zero-order chi connectivity index (χ0) is 20.7. The van der Waals surface area contributed by atoms with Crippen LogP contribution < -0.4 is 5.73 Å². The van der Waals surface area contributed by atoms with Gasteiger partial charge < -0.3 is 10.3 Å². The molecule has 1 unspecified atom stereocenters. The van der Waals surface area contributed by atoms with Crippen molar-refractivity contribution in [3.8, 4) is 22.7 Å². The first-order valence-corrected chi connectivity index (χ1v) is 9.92. The summed E-state index contributed by atoms with van der Waals surface area (Å²) in [4.78, 5) is 21.0. The molecular formula is C21H18ClN7O. The highest BCUT2D eigenvalue weighted by molar-refractivity contribution is 6.29. The Hall–Kier alpha value is -3.39. The van der Waals surface area contributed by atoms with Crippen LogP contribution in [0.1, 0.15) is 31.2 Å². The van der Waals surface area contributed by atoms with Gasteiger partial charge in [-0.25, -0.2) is 19.9 Å². The minimum absolute atomic E-state index is 0.259. The molecule has 1 aliphatic rings. The maximum Gasteiger partial charge on any atom is 0.278 e. The largest absolute Gasteiger partial charge is 0.368 e. The fourth-order valence-corrected chi connectivity index (χ4v) is 3.76. The monoisotopic (exact) mass is 419 g/mol. The van der Waals surface area contributed by atoms with Gasteiger partial charge in [-0.15, -0.1) is 0 Å². The minimum Gasteiger partial charge on any atom is -0.368 e. The number of benzene rings is 1. The molecule has 0 amide bonds. The Balaban J connectivity index is 1.49. The average molecular weight is 420 g/mol. The second kappa shape index (κ2) is 7.14. The predicted octanol–water partition coefficient (Wildman–Crippen LogP) is 3.94. The molecule has 3 aromatic heterocycles. The molecule has 30 heavy (non-hydrogen) atoms. The molecule has 1 aliphatic carbocycles. The molecule has 0 bridgehead atoms. The summed E-state index contributed by atoms with van der Waals surface area (Å²) in [5.41, 5.74) is 8.76. The predicted molar refractivity (Wildman–Crippen MR) is 111 cm³/mol. The first kappa shape index (κ1) is 18.6. The van der Waals surface area contributed by atoms with Crippen LogP contribution >= 0.6 is 11.6 Å². The summed E-state index contributed by atoms with van der Waals surface area (Å²) in [6, 6.07) is 8.30. The van der Waals surface area contributed by atoms with Crippen LogP contribution in [0.15, 0.2) is 53.6 Å². The van der Waals surface area contributed by atoms with Gasteiger partial charge in [-0.05, 0) is 36.8 Å². The standard InChI is InChI=1S/C21H18ClN7O/c1-21(15-6-7-15,19-28-18(30-29-19)16-10-25-17(22)11-24-16)14-4-2-12(3-5-14)13-8-26-20(23)27-9-13/h2-5,8-11,15H,6-7H2,1H3,(H2,23,26,27). The summed E-state index contributed by atoms with van der Waals surface area (Å²) in [5.74, 6) is 1.68. The molecule has 150 valence electrons. The third-order valence-electron chi connectivity index (χ3n) is 5.61. The first-order chi connectivity index (χ1) is 14.5. The maximum atomic E-state index is 5.82. The van der Waals surface area contributed by atoms with E-state index >= 15 is 0 Å². The molecule has 0 spiro atoms. The van der Waals surface area contributed by atoms with Gasteiger partial charge in [-0.3, -0.25) is 0 Å². The Morgan fingerprint density at radius 1 is 0.967 bits per heavy atom. The number of aromatic nitrogens is 6. The van der Waals surface area contributed by atoms with Crippen LogP contribution in [0.5, 0.6) is 0 Å². The van der Waals surface area contributed by atoms with E-state index in [1.54, 1.807) is 12.4 Å². The van der Waals surface area contributed by atoms with Gasteiger partial charge in [0.25, 0.3) is 5.89 Å². The van der Waals surface area contributed by atoms with Crippen molar-refractivity contribution >= 4 is 17.5 Å². The van der Waals surface area contributed by atoms with Crippen molar-refractivity contribution in [3.05, 3.63) is 65.6 Å². The maximum absolute atomic E-state index is 5.82. The lowest BCUT2D eigenvalue weighted by Gasteiger charge is -2.27. The van der Waals surface area contributed by atoms with E-state index in [-0.39, 0.29) is 11.4 Å². The number of nitrogens with two attached hydrogens (primary N) is 1. The van der Waals surface area contributed by atoms with Crippen LogP contribution in [-0.2, 0) is 5.41 Å². The van der Waals surface area contributed by atoms with Crippen molar-refractivity contribution in [2.75, 3.05) is 5.73 Å². The molecular weight excluding hydrogens is 402 g/mol. The molecule has 1 atom stereocenters. The lowest BCUT2D eigenvalue weighted by molar-refractivity contribution is 0.386. The van der Waals surface area contributed by atoms with Crippen LogP contribution in [0.2, 0.25) is 5.15 Å². The van der Waals surface area contributed by atoms with Crippen LogP contribution in [0.3, 0.4) is 0 Å². The fraction of sp³-hybridized carbons (Fsp3) is 0.238. The van der Waals surface area contributed by atoms with E-state index in [0.717, 1.165) is 29.5 Å². The molecule has 1 aromatic carbocycles. The zero-order valence-electron chi connectivity index (χ0n) is 16.2. The van der Waals surface area contributed by atoms with Gasteiger partial charge in [0, 0.05) is 18.0 Å². The highest BCUT2D eigenvalue weighted by Gasteiger charge is 2.47. The molecule has 3 heterocycles. The Morgan fingerprint density at radius 2 is 1.70 bits per heavy atom. The molecule has 0 radical (unpaired) electrons. The normalized spacial score (nSPS) is 15.7. The number of halogens is 1. The second-order valence-electron chi connectivity index (χ2n) is 7.53. The topological polar surface area (TPSA) is 116 Å². The zero-order valence-corrected chi connectivity index (χ0v) is 16.9. The van der Waals surface area contributed by atoms with Crippen molar-refractivity contribution in [1.29, 1.82) is 0 Å². The SMILES string of the molecule is CC(c1ccc(-c2cnc(N)nc2)cc1)(c1noc(-c2cnc(Cl)cn2)n1)C1CC1. The van der Waals surface area contributed by atoms with Gasteiger partial charge >= 0.3 is 0 Å². The summed E-state index contributed by atoms with van der Waals surface area (Å²) in [7, 11) is 0. The molecule has 9 heteroatoms. The van der Waals surface area contributed by atoms with Gasteiger partial charge in [0.2, 0.25) is 5.95 Å². The third kappa shape index (κ3) is 3.29. The number of anilines is 1. The van der Waals surface area contributed by atoms with Crippen molar-refractivity contribution in [3.63, 3.8) is 0 Å². The lowest BCUT2D eigenvalue weighted by Crippen LogP contribution is -2.28. The number of hydrogen-bond donors (Lipinski definition) is 1. The van der Waals surface area contributed by atoms with E-state index < -0.39 is 0 Å². The quantitative estimate of drug-likeness (QED) is 0.517. The summed E-state index contributed by atoms with van der Waals surface area (Å²) < 4.78 is 5.51. The van der Waals surface area contributed by atoms with Crippen molar-refractivity contribution in [2.24, 2.45) is 5.92 Å². The van der Waals surface area contributed by atoms with Crippen LogP contribution in [0.4, 0.5) is 5.95 Å². The second-order valence-corrected chi connectivity index (χ2v) is 7.92. The van der Waals surface area contributed by atoms with E-state index in [4.69, 9.17) is 21.9 Å². The van der Waals surface area contributed by atoms with Gasteiger partial charge in [0.1, 0.15) is 10.8 Å². The Kier molecular flexibility index (Phi) is 4.43. The van der Waals surface area contributed by atoms with E-state index in [9.17, 15) is 0 Å². The van der Waals surface area contributed by atoms with Gasteiger partial charge in [0.15, 0.2) is 5.82 Å². The number of nitrogen functional groups attached to an aromatic ring is 1. The Morgan fingerprint density at radius 3 is 2.33 bits per heavy atom. The van der Waals surface area contributed by atoms with Gasteiger partial charge in [0.05, 0.1) is 17.8 Å². The molecule has 0 saturated heterocycles. The molecule has 5 rings (SSSR count). The van der Waals surface area contributed by atoms with Crippen LogP contribution in [0.25, 0.3) is 22.7 Å². The van der Waals surface area contributed by atoms with E-state index in [1.165, 1.54) is 12.4 Å². The molecule has 1 saturated carbocycles. The summed E-state index contributed by atoms with van der Waals surface area (Å²) in [6.07, 6.45) is 8.66. The lowest BCUT2D eigenvalue weighted by atomic mass is 9.77. The minimum atomic E-state index is -0.363. The number of hydrogen-bond acceptors (Lipinski definition) is 8. The summed E-state index contributed by atoms with van der Waals surface area (Å²) >= 11 is 5.82. The Bertz CT molecular complexity index is 1170. The molecule has 0 aliphatic heterocycles. The highest BCUT2D eigenvalue weighted by atomic mass is 35.5. The smallest absolute Gasteiger partial charge is 0.278 e. The fourth-order valence-electron chi connectivity index (χ4n) is 3.67. The van der Waals surface area contributed by atoms with Crippen molar-refractivity contribution < 1.29 is 4.52 Å². The summed E-state index contributed by atoms with van der Waals surface area (Å²) in [5, 5.41) is 4.61. The van der Waals surface area contributed by atoms with Crippen molar-refractivity contribution in [2.45, 2.75) is 25.2 Å². The van der Waals surface area contributed by atoms with Gasteiger partial charge in [-0.1, -0.05) is 41.0 Å². The highest BCUT2D eigenvalue weighted by Crippen LogP contribution is 2.50. The summed E-state index contributed by atoms with van der Waals surface area (Å²) in [6.45, 7) is 2.16. The van der Waals surface area contributed by atoms with Crippen LogP contribution in [-0.4, -0.2) is 30.1 Å². The van der Waals surface area contributed by atoms with Gasteiger partial charge in [-0.2, -0.15) is 4.98 Å². The third-order valence-corrected chi connectivity index (χ3v) is 5.81. The first-order valence-electron chi connectivity index (χ1n) is 9.54. The molecule has 1 fully saturated rings. The number of nitrogens with zero attached hydrogens (tertiary/aromatic N) is 6. The molecule has 8 nitrogen and oxygen atoms in total. The van der Waals surface area contributed by atoms with E-state index in [1.807, 2.05) is 0 Å². The Labute approximate surface area is 177 Å². The van der Waals surface area contributed by atoms with Crippen molar-refractivity contribution in [1.82, 2.24) is 30.1 Å². The molecule has 4 aromatic rings.